The van der Waals surface area contributed by atoms with Crippen LogP contribution >= 0.6 is 0 Å². The monoisotopic (exact) mass is 274 g/mol. The molecule has 1 saturated carbocycles. The molecule has 2 nitrogen and oxygen atoms in total. The maximum absolute atomic E-state index is 3.64. The molecule has 0 aromatic heterocycles. The number of hydrogen-bond acceptors (Lipinski definition) is 2. The summed E-state index contributed by atoms with van der Waals surface area (Å²) in [7, 11) is 0. The fourth-order valence-electron chi connectivity index (χ4n) is 2.79. The van der Waals surface area contributed by atoms with Crippen LogP contribution in [0.3, 0.4) is 0 Å². The summed E-state index contributed by atoms with van der Waals surface area (Å²) in [4.78, 5) is 2.62. The summed E-state index contributed by atoms with van der Waals surface area (Å²) in [6, 6.07) is 9.50. The van der Waals surface area contributed by atoms with Crippen molar-refractivity contribution >= 4 is 0 Å². The van der Waals surface area contributed by atoms with Crippen LogP contribution in [-0.2, 0) is 0 Å². The van der Waals surface area contributed by atoms with E-state index in [1.54, 1.807) is 0 Å². The van der Waals surface area contributed by atoms with Crippen LogP contribution in [0.5, 0.6) is 0 Å². The van der Waals surface area contributed by atoms with Gasteiger partial charge in [-0.25, -0.2) is 0 Å². The fourth-order valence-corrected chi connectivity index (χ4v) is 2.79. The molecule has 1 aliphatic carbocycles. The molecule has 0 spiro atoms. The van der Waals surface area contributed by atoms with Crippen molar-refractivity contribution < 1.29 is 0 Å². The Kier molecular flexibility index (Phi) is 6.06. The third-order valence-electron chi connectivity index (χ3n) is 4.32. The van der Waals surface area contributed by atoms with E-state index in [1.165, 1.54) is 50.0 Å². The Morgan fingerprint density at radius 3 is 2.45 bits per heavy atom. The first kappa shape index (κ1) is 15.5. The van der Waals surface area contributed by atoms with E-state index in [2.05, 4.69) is 55.3 Å². The van der Waals surface area contributed by atoms with Gasteiger partial charge in [-0.1, -0.05) is 43.7 Å². The van der Waals surface area contributed by atoms with Crippen LogP contribution in [0.25, 0.3) is 0 Å². The van der Waals surface area contributed by atoms with Gasteiger partial charge in [-0.3, -0.25) is 0 Å². The lowest BCUT2D eigenvalue weighted by Gasteiger charge is -2.25. The van der Waals surface area contributed by atoms with Crippen molar-refractivity contribution in [2.75, 3.05) is 26.2 Å². The van der Waals surface area contributed by atoms with Crippen LogP contribution in [0.1, 0.15) is 50.3 Å². The second-order valence-corrected chi connectivity index (χ2v) is 6.15. The number of benzene rings is 1. The molecule has 112 valence electrons. The van der Waals surface area contributed by atoms with Crippen LogP contribution < -0.4 is 5.32 Å². The summed E-state index contributed by atoms with van der Waals surface area (Å²) < 4.78 is 0. The number of aryl methyl sites for hydroxylation is 1. The lowest BCUT2D eigenvalue weighted by Crippen LogP contribution is -2.31. The molecule has 1 atom stereocenters. The molecule has 0 radical (unpaired) electrons. The summed E-state index contributed by atoms with van der Waals surface area (Å²) in [5, 5.41) is 3.64. The fraction of sp³-hybridized carbons (Fsp3) is 0.667. The number of nitrogens with zero attached hydrogens (tertiary/aromatic N) is 1. The molecular weight excluding hydrogens is 244 g/mol. The SMILES string of the molecule is CCNC(CCN(CC)CC1CC1)c1ccc(C)cc1. The van der Waals surface area contributed by atoms with Gasteiger partial charge < -0.3 is 10.2 Å². The molecule has 1 aromatic rings. The van der Waals surface area contributed by atoms with Crippen LogP contribution in [0, 0.1) is 12.8 Å². The number of hydrogen-bond donors (Lipinski definition) is 1. The molecule has 0 aliphatic heterocycles. The molecule has 1 fully saturated rings. The zero-order chi connectivity index (χ0) is 14.4. The van der Waals surface area contributed by atoms with E-state index in [4.69, 9.17) is 0 Å². The molecule has 0 bridgehead atoms. The van der Waals surface area contributed by atoms with E-state index in [0.29, 0.717) is 6.04 Å². The Morgan fingerprint density at radius 2 is 1.90 bits per heavy atom. The van der Waals surface area contributed by atoms with Crippen molar-refractivity contribution in [3.63, 3.8) is 0 Å². The van der Waals surface area contributed by atoms with Gasteiger partial charge in [0.15, 0.2) is 0 Å². The summed E-state index contributed by atoms with van der Waals surface area (Å²) in [5.74, 6) is 0.993. The maximum Gasteiger partial charge on any atom is 0.0332 e. The Hall–Kier alpha value is -0.860. The van der Waals surface area contributed by atoms with Crippen molar-refractivity contribution in [1.29, 1.82) is 0 Å². The highest BCUT2D eigenvalue weighted by atomic mass is 15.1. The molecule has 0 saturated heterocycles. The largest absolute Gasteiger partial charge is 0.310 e. The van der Waals surface area contributed by atoms with E-state index in [1.807, 2.05) is 0 Å². The predicted octanol–water partition coefficient (Wildman–Crippen LogP) is 3.77. The second-order valence-electron chi connectivity index (χ2n) is 6.15. The third-order valence-corrected chi connectivity index (χ3v) is 4.32. The first-order valence-electron chi connectivity index (χ1n) is 8.25. The second kappa shape index (κ2) is 7.80. The van der Waals surface area contributed by atoms with Gasteiger partial charge in [0.1, 0.15) is 0 Å². The van der Waals surface area contributed by atoms with Crippen LogP contribution in [0.2, 0.25) is 0 Å². The third kappa shape index (κ3) is 4.92. The van der Waals surface area contributed by atoms with E-state index in [9.17, 15) is 0 Å². The lowest BCUT2D eigenvalue weighted by atomic mass is 10.0. The minimum Gasteiger partial charge on any atom is -0.310 e. The standard InChI is InChI=1S/C18H30N2/c1-4-19-18(17-10-6-15(3)7-11-17)12-13-20(5-2)14-16-8-9-16/h6-7,10-11,16,18-19H,4-5,8-9,12-14H2,1-3H3. The van der Waals surface area contributed by atoms with Gasteiger partial charge in [-0.15, -0.1) is 0 Å². The van der Waals surface area contributed by atoms with Gasteiger partial charge in [-0.05, 0) is 57.3 Å². The highest BCUT2D eigenvalue weighted by Gasteiger charge is 2.24. The van der Waals surface area contributed by atoms with Gasteiger partial charge in [-0.2, -0.15) is 0 Å². The van der Waals surface area contributed by atoms with Gasteiger partial charge in [0.25, 0.3) is 0 Å². The topological polar surface area (TPSA) is 15.3 Å². The molecule has 0 amide bonds. The minimum absolute atomic E-state index is 0.494. The van der Waals surface area contributed by atoms with Crippen molar-refractivity contribution in [2.24, 2.45) is 5.92 Å². The molecule has 1 aromatic carbocycles. The van der Waals surface area contributed by atoms with E-state index in [0.717, 1.165) is 12.5 Å². The van der Waals surface area contributed by atoms with E-state index < -0.39 is 0 Å². The Morgan fingerprint density at radius 1 is 1.20 bits per heavy atom. The highest BCUT2D eigenvalue weighted by molar-refractivity contribution is 5.24. The Balaban J connectivity index is 1.88. The average Bonchev–Trinajstić information content (AvgIpc) is 3.27. The van der Waals surface area contributed by atoms with Crippen LogP contribution in [-0.4, -0.2) is 31.1 Å². The summed E-state index contributed by atoms with van der Waals surface area (Å²) in [6.45, 7) is 11.4. The van der Waals surface area contributed by atoms with Gasteiger partial charge in [0.2, 0.25) is 0 Å². The van der Waals surface area contributed by atoms with Crippen LogP contribution in [0.15, 0.2) is 24.3 Å². The molecule has 20 heavy (non-hydrogen) atoms. The number of rotatable bonds is 9. The zero-order valence-corrected chi connectivity index (χ0v) is 13.4. The minimum atomic E-state index is 0.494. The molecule has 1 aliphatic rings. The summed E-state index contributed by atoms with van der Waals surface area (Å²) in [5.41, 5.74) is 2.77. The summed E-state index contributed by atoms with van der Waals surface area (Å²) >= 11 is 0. The average molecular weight is 274 g/mol. The van der Waals surface area contributed by atoms with Crippen molar-refractivity contribution in [2.45, 2.75) is 46.1 Å². The normalized spacial score (nSPS) is 16.6. The van der Waals surface area contributed by atoms with Gasteiger partial charge >= 0.3 is 0 Å². The highest BCUT2D eigenvalue weighted by Crippen LogP contribution is 2.30. The van der Waals surface area contributed by atoms with Gasteiger partial charge in [0, 0.05) is 12.6 Å². The van der Waals surface area contributed by atoms with Crippen molar-refractivity contribution in [1.82, 2.24) is 10.2 Å². The predicted molar refractivity (Wildman–Crippen MR) is 87.1 cm³/mol. The van der Waals surface area contributed by atoms with Gasteiger partial charge in [0.05, 0.1) is 0 Å². The molecule has 1 N–H and O–H groups in total. The van der Waals surface area contributed by atoms with E-state index >= 15 is 0 Å². The van der Waals surface area contributed by atoms with Crippen LogP contribution in [0.4, 0.5) is 0 Å². The smallest absolute Gasteiger partial charge is 0.0332 e. The quantitative estimate of drug-likeness (QED) is 0.737. The summed E-state index contributed by atoms with van der Waals surface area (Å²) in [6.07, 6.45) is 4.10. The Labute approximate surface area is 124 Å². The first-order chi connectivity index (χ1) is 9.72. The molecule has 2 rings (SSSR count). The van der Waals surface area contributed by atoms with Crippen molar-refractivity contribution in [3.8, 4) is 0 Å². The number of nitrogens with one attached hydrogen (secondary N) is 1. The molecule has 0 heterocycles. The molecule has 1 unspecified atom stereocenters. The first-order valence-corrected chi connectivity index (χ1v) is 8.25. The zero-order valence-electron chi connectivity index (χ0n) is 13.4. The lowest BCUT2D eigenvalue weighted by molar-refractivity contribution is 0.259. The Bertz CT molecular complexity index is 381. The molecular formula is C18H30N2. The molecule has 2 heteroatoms. The maximum atomic E-state index is 3.64. The van der Waals surface area contributed by atoms with E-state index in [-0.39, 0.29) is 0 Å². The van der Waals surface area contributed by atoms with Crippen molar-refractivity contribution in [3.05, 3.63) is 35.4 Å².